The number of anilines is 1. The number of carbonyl (C=O) groups excluding carboxylic acids is 1. The Morgan fingerprint density at radius 1 is 1.40 bits per heavy atom. The van der Waals surface area contributed by atoms with Crippen LogP contribution in [0.25, 0.3) is 0 Å². The number of carbonyl (C=O) groups is 1. The summed E-state index contributed by atoms with van der Waals surface area (Å²) in [5.74, 6) is 0.485. The Hall–Kier alpha value is -2.27. The second kappa shape index (κ2) is 6.25. The number of methoxy groups -OCH3 is 1. The second-order valence-electron chi connectivity index (χ2n) is 4.48. The molecule has 1 atom stereocenters. The molecule has 2 aromatic rings. The number of nitrogens with one attached hydrogen (secondary N) is 1. The van der Waals surface area contributed by atoms with E-state index in [1.165, 1.54) is 0 Å². The van der Waals surface area contributed by atoms with Crippen LogP contribution < -0.4 is 10.1 Å². The maximum Gasteiger partial charge on any atom is 0.247 e. The van der Waals surface area contributed by atoms with E-state index >= 15 is 0 Å². The van der Waals surface area contributed by atoms with Crippen molar-refractivity contribution in [2.24, 2.45) is 0 Å². The van der Waals surface area contributed by atoms with Crippen LogP contribution in [0, 0.1) is 0 Å². The smallest absolute Gasteiger partial charge is 0.247 e. The molecule has 5 heteroatoms. The normalized spacial score (nSPS) is 11.9. The van der Waals surface area contributed by atoms with E-state index in [0.29, 0.717) is 17.0 Å². The van der Waals surface area contributed by atoms with Crippen molar-refractivity contribution in [3.05, 3.63) is 48.3 Å². The number of amides is 1. The summed E-state index contributed by atoms with van der Waals surface area (Å²) < 4.78 is 6.95. The third-order valence-electron chi connectivity index (χ3n) is 3.17. The van der Waals surface area contributed by atoms with E-state index in [9.17, 15) is 9.90 Å². The number of rotatable bonds is 5. The van der Waals surface area contributed by atoms with Gasteiger partial charge in [-0.25, -0.2) is 0 Å². The van der Waals surface area contributed by atoms with E-state index in [1.54, 1.807) is 25.3 Å². The predicted octanol–water partition coefficient (Wildman–Crippen LogP) is 2.19. The zero-order valence-corrected chi connectivity index (χ0v) is 11.5. The van der Waals surface area contributed by atoms with Crippen molar-refractivity contribution < 1.29 is 14.6 Å². The van der Waals surface area contributed by atoms with E-state index in [4.69, 9.17) is 4.74 Å². The molecule has 1 unspecified atom stereocenters. The Morgan fingerprint density at radius 3 is 2.70 bits per heavy atom. The number of benzene rings is 1. The van der Waals surface area contributed by atoms with Gasteiger partial charge in [-0.2, -0.15) is 0 Å². The molecule has 106 valence electrons. The van der Waals surface area contributed by atoms with Crippen LogP contribution in [-0.2, 0) is 11.4 Å². The molecule has 0 aliphatic rings. The number of ether oxygens (including phenoxy) is 1. The molecular weight excluding hydrogens is 256 g/mol. The molecule has 0 aliphatic heterocycles. The summed E-state index contributed by atoms with van der Waals surface area (Å²) in [6.45, 7) is 1.69. The monoisotopic (exact) mass is 274 g/mol. The summed E-state index contributed by atoms with van der Waals surface area (Å²) in [5.41, 5.74) is 1.28. The van der Waals surface area contributed by atoms with Gasteiger partial charge in [-0.3, -0.25) is 4.79 Å². The highest BCUT2D eigenvalue weighted by Gasteiger charge is 2.14. The van der Waals surface area contributed by atoms with E-state index < -0.39 is 0 Å². The number of nitrogens with zero attached hydrogens (tertiary/aromatic N) is 1. The van der Waals surface area contributed by atoms with Gasteiger partial charge in [0.2, 0.25) is 5.91 Å². The Morgan fingerprint density at radius 2 is 2.10 bits per heavy atom. The SMILES string of the molecule is COc1ccc(NC(=O)C(C)n2cccc2)cc1CO. The minimum atomic E-state index is -0.301. The number of aliphatic hydroxyl groups is 1. The fourth-order valence-electron chi connectivity index (χ4n) is 1.97. The van der Waals surface area contributed by atoms with Gasteiger partial charge >= 0.3 is 0 Å². The number of hydrogen-bond donors (Lipinski definition) is 2. The average molecular weight is 274 g/mol. The molecule has 2 rings (SSSR count). The van der Waals surface area contributed by atoms with Crippen molar-refractivity contribution in [1.82, 2.24) is 4.57 Å². The van der Waals surface area contributed by atoms with Crippen LogP contribution in [-0.4, -0.2) is 22.7 Å². The minimum absolute atomic E-state index is 0.116. The molecule has 0 saturated heterocycles. The molecule has 0 aliphatic carbocycles. The Balaban J connectivity index is 2.11. The molecule has 0 fully saturated rings. The van der Waals surface area contributed by atoms with Gasteiger partial charge in [0.15, 0.2) is 0 Å². The summed E-state index contributed by atoms with van der Waals surface area (Å²) >= 11 is 0. The van der Waals surface area contributed by atoms with Crippen molar-refractivity contribution in [3.63, 3.8) is 0 Å². The summed E-state index contributed by atoms with van der Waals surface area (Å²) in [6, 6.07) is 8.63. The highest BCUT2D eigenvalue weighted by Crippen LogP contribution is 2.23. The molecule has 2 N–H and O–H groups in total. The van der Waals surface area contributed by atoms with Gasteiger partial charge in [-0.1, -0.05) is 0 Å². The van der Waals surface area contributed by atoms with Crippen LogP contribution in [0.2, 0.25) is 0 Å². The van der Waals surface area contributed by atoms with Crippen molar-refractivity contribution in [1.29, 1.82) is 0 Å². The number of hydrogen-bond acceptors (Lipinski definition) is 3. The number of aliphatic hydroxyl groups excluding tert-OH is 1. The van der Waals surface area contributed by atoms with Crippen LogP contribution in [0.15, 0.2) is 42.7 Å². The van der Waals surface area contributed by atoms with E-state index in [2.05, 4.69) is 5.32 Å². The van der Waals surface area contributed by atoms with Gasteiger partial charge in [-0.05, 0) is 37.3 Å². The van der Waals surface area contributed by atoms with Gasteiger partial charge in [0, 0.05) is 23.6 Å². The van der Waals surface area contributed by atoms with E-state index in [-0.39, 0.29) is 18.6 Å². The van der Waals surface area contributed by atoms with E-state index in [1.807, 2.05) is 36.0 Å². The quantitative estimate of drug-likeness (QED) is 0.878. The second-order valence-corrected chi connectivity index (χ2v) is 4.48. The Labute approximate surface area is 117 Å². The average Bonchev–Trinajstić information content (AvgIpc) is 3.00. The lowest BCUT2D eigenvalue weighted by molar-refractivity contribution is -0.118. The summed E-state index contributed by atoms with van der Waals surface area (Å²) in [7, 11) is 1.54. The van der Waals surface area contributed by atoms with Crippen LogP contribution in [0.1, 0.15) is 18.5 Å². The Bertz CT molecular complexity index is 579. The molecule has 5 nitrogen and oxygen atoms in total. The maximum absolute atomic E-state index is 12.1. The molecule has 1 aromatic heterocycles. The first-order valence-corrected chi connectivity index (χ1v) is 6.36. The Kier molecular flexibility index (Phi) is 4.42. The highest BCUT2D eigenvalue weighted by atomic mass is 16.5. The van der Waals surface area contributed by atoms with Crippen LogP contribution in [0.3, 0.4) is 0 Å². The molecule has 1 amide bonds. The van der Waals surface area contributed by atoms with Gasteiger partial charge in [0.05, 0.1) is 13.7 Å². The molecule has 0 saturated carbocycles. The summed E-state index contributed by atoms with van der Waals surface area (Å²) in [5, 5.41) is 12.1. The molecule has 1 aromatic carbocycles. The summed E-state index contributed by atoms with van der Waals surface area (Å²) in [6.07, 6.45) is 3.69. The highest BCUT2D eigenvalue weighted by molar-refractivity contribution is 5.93. The van der Waals surface area contributed by atoms with Gasteiger partial charge < -0.3 is 19.7 Å². The van der Waals surface area contributed by atoms with Crippen molar-refractivity contribution in [2.75, 3.05) is 12.4 Å². The number of aromatic nitrogens is 1. The minimum Gasteiger partial charge on any atom is -0.496 e. The maximum atomic E-state index is 12.1. The zero-order valence-electron chi connectivity index (χ0n) is 11.5. The fraction of sp³-hybridized carbons (Fsp3) is 0.267. The third-order valence-corrected chi connectivity index (χ3v) is 3.17. The fourth-order valence-corrected chi connectivity index (χ4v) is 1.97. The molecule has 0 spiro atoms. The van der Waals surface area contributed by atoms with Gasteiger partial charge in [0.25, 0.3) is 0 Å². The van der Waals surface area contributed by atoms with Crippen LogP contribution in [0.4, 0.5) is 5.69 Å². The standard InChI is InChI=1S/C15H18N2O3/c1-11(17-7-3-4-8-17)15(19)16-13-5-6-14(20-2)12(9-13)10-18/h3-9,11,18H,10H2,1-2H3,(H,16,19). The van der Waals surface area contributed by atoms with Crippen molar-refractivity contribution in [3.8, 4) is 5.75 Å². The topological polar surface area (TPSA) is 63.5 Å². The first-order valence-electron chi connectivity index (χ1n) is 6.36. The lowest BCUT2D eigenvalue weighted by Gasteiger charge is -2.15. The van der Waals surface area contributed by atoms with Crippen molar-refractivity contribution >= 4 is 11.6 Å². The summed E-state index contributed by atoms with van der Waals surface area (Å²) in [4.78, 5) is 12.1. The molecule has 1 heterocycles. The molecule has 0 radical (unpaired) electrons. The molecule has 0 bridgehead atoms. The van der Waals surface area contributed by atoms with Gasteiger partial charge in [0.1, 0.15) is 11.8 Å². The first kappa shape index (κ1) is 14.1. The first-order chi connectivity index (χ1) is 9.65. The molecular formula is C15H18N2O3. The predicted molar refractivity (Wildman–Crippen MR) is 76.7 cm³/mol. The lowest BCUT2D eigenvalue weighted by atomic mass is 10.2. The van der Waals surface area contributed by atoms with Gasteiger partial charge in [-0.15, -0.1) is 0 Å². The van der Waals surface area contributed by atoms with Crippen LogP contribution >= 0.6 is 0 Å². The van der Waals surface area contributed by atoms with E-state index in [0.717, 1.165) is 0 Å². The largest absolute Gasteiger partial charge is 0.496 e. The zero-order chi connectivity index (χ0) is 14.5. The van der Waals surface area contributed by atoms with Crippen LogP contribution in [0.5, 0.6) is 5.75 Å². The third kappa shape index (κ3) is 3.00. The molecule has 20 heavy (non-hydrogen) atoms. The lowest BCUT2D eigenvalue weighted by Crippen LogP contribution is -2.22. The van der Waals surface area contributed by atoms with Crippen molar-refractivity contribution in [2.45, 2.75) is 19.6 Å².